The van der Waals surface area contributed by atoms with E-state index in [1.54, 1.807) is 0 Å². The summed E-state index contributed by atoms with van der Waals surface area (Å²) in [5.74, 6) is -0.945. The number of ether oxygens (including phenoxy) is 1. The number of unbranched alkanes of at least 4 members (excludes halogenated alkanes) is 1. The summed E-state index contributed by atoms with van der Waals surface area (Å²) in [4.78, 5) is 22.4. The average Bonchev–Trinajstić information content (AvgIpc) is 2.39. The van der Waals surface area contributed by atoms with Gasteiger partial charge in [0.05, 0.1) is 13.0 Å². The van der Waals surface area contributed by atoms with Crippen molar-refractivity contribution >= 4 is 12.1 Å². The Hall–Kier alpha value is -2.04. The number of hydrogen-bond donors (Lipinski definition) is 2. The lowest BCUT2D eigenvalue weighted by Crippen LogP contribution is -2.38. The molecule has 0 aliphatic carbocycles. The van der Waals surface area contributed by atoms with Crippen molar-refractivity contribution in [3.05, 3.63) is 35.9 Å². The highest BCUT2D eigenvalue weighted by molar-refractivity contribution is 5.71. The van der Waals surface area contributed by atoms with Gasteiger partial charge in [0.1, 0.15) is 0 Å². The SMILES string of the molecule is CCCCOC(=O)NC(CC(=O)O)Cc1ccccc1. The maximum atomic E-state index is 11.6. The van der Waals surface area contributed by atoms with E-state index < -0.39 is 18.1 Å². The van der Waals surface area contributed by atoms with Gasteiger partial charge in [-0.1, -0.05) is 43.7 Å². The number of hydrogen-bond acceptors (Lipinski definition) is 3. The third kappa shape index (κ3) is 6.78. The van der Waals surface area contributed by atoms with Crippen LogP contribution in [0.25, 0.3) is 0 Å². The van der Waals surface area contributed by atoms with Crippen LogP contribution in [0.2, 0.25) is 0 Å². The van der Waals surface area contributed by atoms with Crippen LogP contribution in [0.4, 0.5) is 4.79 Å². The number of benzene rings is 1. The van der Waals surface area contributed by atoms with E-state index in [0.717, 1.165) is 18.4 Å². The van der Waals surface area contributed by atoms with Crippen LogP contribution in [0.1, 0.15) is 31.7 Å². The fourth-order valence-electron chi connectivity index (χ4n) is 1.80. The molecular formula is C15H21NO4. The largest absolute Gasteiger partial charge is 0.481 e. The highest BCUT2D eigenvalue weighted by atomic mass is 16.5. The summed E-state index contributed by atoms with van der Waals surface area (Å²) >= 11 is 0. The molecule has 0 aliphatic heterocycles. The van der Waals surface area contributed by atoms with E-state index in [1.807, 2.05) is 37.3 Å². The van der Waals surface area contributed by atoms with E-state index in [1.165, 1.54) is 0 Å². The molecule has 1 aromatic carbocycles. The summed E-state index contributed by atoms with van der Waals surface area (Å²) in [5.41, 5.74) is 0.979. The van der Waals surface area contributed by atoms with Gasteiger partial charge in [0.25, 0.3) is 0 Å². The summed E-state index contributed by atoms with van der Waals surface area (Å²) in [5, 5.41) is 11.5. The van der Waals surface area contributed by atoms with Crippen LogP contribution < -0.4 is 5.32 Å². The van der Waals surface area contributed by atoms with E-state index in [0.29, 0.717) is 13.0 Å². The zero-order valence-corrected chi connectivity index (χ0v) is 11.7. The molecule has 110 valence electrons. The Labute approximate surface area is 118 Å². The Morgan fingerprint density at radius 3 is 2.60 bits per heavy atom. The number of rotatable bonds is 8. The number of alkyl carbamates (subject to hydrolysis) is 1. The summed E-state index contributed by atoms with van der Waals surface area (Å²) in [6.45, 7) is 2.36. The maximum Gasteiger partial charge on any atom is 0.407 e. The molecule has 0 aliphatic rings. The van der Waals surface area contributed by atoms with Gasteiger partial charge >= 0.3 is 12.1 Å². The van der Waals surface area contributed by atoms with E-state index in [-0.39, 0.29) is 6.42 Å². The molecule has 0 saturated carbocycles. The van der Waals surface area contributed by atoms with Gasteiger partial charge in [0.15, 0.2) is 0 Å². The molecule has 0 spiro atoms. The number of carboxylic acids is 1. The number of carbonyl (C=O) groups is 2. The van der Waals surface area contributed by atoms with Crippen LogP contribution in [0.5, 0.6) is 0 Å². The van der Waals surface area contributed by atoms with Crippen molar-refractivity contribution in [3.63, 3.8) is 0 Å². The monoisotopic (exact) mass is 279 g/mol. The lowest BCUT2D eigenvalue weighted by atomic mass is 10.0. The quantitative estimate of drug-likeness (QED) is 0.717. The Morgan fingerprint density at radius 1 is 1.30 bits per heavy atom. The van der Waals surface area contributed by atoms with Gasteiger partial charge in [0, 0.05) is 6.04 Å². The number of carboxylic acid groups (broad SMARTS) is 1. The topological polar surface area (TPSA) is 75.6 Å². The third-order valence-corrected chi connectivity index (χ3v) is 2.80. The Balaban J connectivity index is 2.51. The Kier molecular flexibility index (Phi) is 7.17. The number of nitrogens with one attached hydrogen (secondary N) is 1. The van der Waals surface area contributed by atoms with Crippen LogP contribution in [0.15, 0.2) is 30.3 Å². The summed E-state index contributed by atoms with van der Waals surface area (Å²) < 4.78 is 4.99. The minimum atomic E-state index is -0.945. The molecule has 5 nitrogen and oxygen atoms in total. The van der Waals surface area contributed by atoms with Gasteiger partial charge in [-0.25, -0.2) is 4.79 Å². The van der Waals surface area contributed by atoms with Crippen molar-refractivity contribution in [3.8, 4) is 0 Å². The van der Waals surface area contributed by atoms with Gasteiger partial charge in [-0.15, -0.1) is 0 Å². The fraction of sp³-hybridized carbons (Fsp3) is 0.467. The average molecular weight is 279 g/mol. The zero-order chi connectivity index (χ0) is 14.8. The van der Waals surface area contributed by atoms with Crippen molar-refractivity contribution in [2.75, 3.05) is 6.61 Å². The lowest BCUT2D eigenvalue weighted by molar-refractivity contribution is -0.137. The summed E-state index contributed by atoms with van der Waals surface area (Å²) in [6, 6.07) is 8.99. The molecule has 0 radical (unpaired) electrons. The second-order valence-electron chi connectivity index (χ2n) is 4.62. The van der Waals surface area contributed by atoms with Gasteiger partial charge < -0.3 is 15.2 Å². The van der Waals surface area contributed by atoms with Gasteiger partial charge in [-0.3, -0.25) is 4.79 Å². The molecule has 0 fully saturated rings. The van der Waals surface area contributed by atoms with Crippen LogP contribution in [-0.4, -0.2) is 29.8 Å². The van der Waals surface area contributed by atoms with Gasteiger partial charge in [0.2, 0.25) is 0 Å². The predicted octanol–water partition coefficient (Wildman–Crippen LogP) is 2.60. The first-order valence-corrected chi connectivity index (χ1v) is 6.80. The molecule has 0 bridgehead atoms. The number of aliphatic carboxylic acids is 1. The predicted molar refractivity (Wildman–Crippen MR) is 75.6 cm³/mol. The minimum Gasteiger partial charge on any atom is -0.481 e. The molecule has 0 aromatic heterocycles. The Bertz CT molecular complexity index is 419. The smallest absolute Gasteiger partial charge is 0.407 e. The highest BCUT2D eigenvalue weighted by Crippen LogP contribution is 2.06. The highest BCUT2D eigenvalue weighted by Gasteiger charge is 2.17. The molecule has 0 heterocycles. The zero-order valence-electron chi connectivity index (χ0n) is 11.7. The van der Waals surface area contributed by atoms with Crippen LogP contribution in [0, 0.1) is 0 Å². The van der Waals surface area contributed by atoms with E-state index in [2.05, 4.69) is 5.32 Å². The molecule has 5 heteroatoms. The van der Waals surface area contributed by atoms with E-state index in [9.17, 15) is 9.59 Å². The van der Waals surface area contributed by atoms with Crippen molar-refractivity contribution in [1.29, 1.82) is 0 Å². The molecule has 20 heavy (non-hydrogen) atoms. The first-order valence-electron chi connectivity index (χ1n) is 6.80. The Morgan fingerprint density at radius 2 is 2.00 bits per heavy atom. The van der Waals surface area contributed by atoms with Crippen LogP contribution in [0.3, 0.4) is 0 Å². The molecular weight excluding hydrogens is 258 g/mol. The van der Waals surface area contributed by atoms with E-state index >= 15 is 0 Å². The molecule has 1 rings (SSSR count). The molecule has 1 atom stereocenters. The van der Waals surface area contributed by atoms with Crippen molar-refractivity contribution in [2.45, 2.75) is 38.6 Å². The second-order valence-corrected chi connectivity index (χ2v) is 4.62. The van der Waals surface area contributed by atoms with Crippen molar-refractivity contribution < 1.29 is 19.4 Å². The molecule has 1 amide bonds. The number of carbonyl (C=O) groups excluding carboxylic acids is 1. The number of amides is 1. The summed E-state index contributed by atoms with van der Waals surface area (Å²) in [6.07, 6.45) is 1.53. The summed E-state index contributed by atoms with van der Waals surface area (Å²) in [7, 11) is 0. The van der Waals surface area contributed by atoms with Crippen molar-refractivity contribution in [2.24, 2.45) is 0 Å². The first kappa shape index (κ1) is 16.0. The molecule has 1 unspecified atom stereocenters. The van der Waals surface area contributed by atoms with Crippen LogP contribution >= 0.6 is 0 Å². The van der Waals surface area contributed by atoms with Gasteiger partial charge in [-0.2, -0.15) is 0 Å². The maximum absolute atomic E-state index is 11.6. The molecule has 0 saturated heterocycles. The third-order valence-electron chi connectivity index (χ3n) is 2.80. The minimum absolute atomic E-state index is 0.127. The van der Waals surface area contributed by atoms with E-state index in [4.69, 9.17) is 9.84 Å². The fourth-order valence-corrected chi connectivity index (χ4v) is 1.80. The van der Waals surface area contributed by atoms with Crippen LogP contribution in [-0.2, 0) is 16.0 Å². The van der Waals surface area contributed by atoms with Gasteiger partial charge in [-0.05, 0) is 18.4 Å². The van der Waals surface area contributed by atoms with Crippen molar-refractivity contribution in [1.82, 2.24) is 5.32 Å². The normalized spacial score (nSPS) is 11.7. The lowest BCUT2D eigenvalue weighted by Gasteiger charge is -2.17. The standard InChI is InChI=1S/C15H21NO4/c1-2-3-9-20-15(19)16-13(11-14(17)18)10-12-7-5-4-6-8-12/h4-8,13H,2-3,9-11H2,1H3,(H,16,19)(H,17,18). The molecule has 1 aromatic rings. The molecule has 2 N–H and O–H groups in total. The first-order chi connectivity index (χ1) is 9.61. The second kappa shape index (κ2) is 8.96.